The number of aryl methyl sites for hydroxylation is 1. The average molecular weight is 261 g/mol. The summed E-state index contributed by atoms with van der Waals surface area (Å²) in [4.78, 5) is 0. The molecule has 0 radical (unpaired) electrons. The van der Waals surface area contributed by atoms with Gasteiger partial charge in [-0.15, -0.1) is 0 Å². The van der Waals surface area contributed by atoms with E-state index in [1.165, 1.54) is 25.0 Å². The van der Waals surface area contributed by atoms with Crippen LogP contribution in [0.3, 0.4) is 0 Å². The summed E-state index contributed by atoms with van der Waals surface area (Å²) in [5.74, 6) is -0.218. The molecule has 1 aromatic heterocycles. The molecule has 0 aliphatic carbocycles. The van der Waals surface area contributed by atoms with Crippen molar-refractivity contribution in [3.8, 4) is 11.3 Å². The number of aromatic amines is 1. The summed E-state index contributed by atoms with van der Waals surface area (Å²) in [7, 11) is 1.98. The first-order valence-electron chi connectivity index (χ1n) is 6.74. The molecule has 2 aromatic rings. The summed E-state index contributed by atoms with van der Waals surface area (Å²) in [6.45, 7) is 1.07. The highest BCUT2D eigenvalue weighted by molar-refractivity contribution is 5.58. The van der Waals surface area contributed by atoms with Crippen LogP contribution in [0.15, 0.2) is 30.3 Å². The molecule has 1 heterocycles. The van der Waals surface area contributed by atoms with Gasteiger partial charge in [-0.2, -0.15) is 5.10 Å². The van der Waals surface area contributed by atoms with Crippen LogP contribution in [0.25, 0.3) is 11.3 Å². The number of aromatic nitrogens is 2. The van der Waals surface area contributed by atoms with Crippen LogP contribution >= 0.6 is 0 Å². The van der Waals surface area contributed by atoms with Crippen LogP contribution in [-0.2, 0) is 6.42 Å². The summed E-state index contributed by atoms with van der Waals surface area (Å²) in [5.41, 5.74) is 2.97. The molecule has 0 spiro atoms. The quantitative estimate of drug-likeness (QED) is 0.752. The van der Waals surface area contributed by atoms with E-state index in [-0.39, 0.29) is 5.82 Å². The van der Waals surface area contributed by atoms with Gasteiger partial charge in [0.25, 0.3) is 0 Å². The van der Waals surface area contributed by atoms with Crippen LogP contribution in [0, 0.1) is 5.82 Å². The van der Waals surface area contributed by atoms with Crippen LogP contribution in [0.5, 0.6) is 0 Å². The largest absolute Gasteiger partial charge is 0.320 e. The lowest BCUT2D eigenvalue weighted by Gasteiger charge is -1.98. The molecule has 102 valence electrons. The van der Waals surface area contributed by atoms with Gasteiger partial charge in [-0.25, -0.2) is 4.39 Å². The Hall–Kier alpha value is -1.68. The topological polar surface area (TPSA) is 40.7 Å². The number of unbranched alkanes of at least 4 members (excludes halogenated alkanes) is 2. The first-order chi connectivity index (χ1) is 9.29. The van der Waals surface area contributed by atoms with E-state index < -0.39 is 0 Å². The number of hydrogen-bond donors (Lipinski definition) is 2. The Morgan fingerprint density at radius 3 is 2.68 bits per heavy atom. The third kappa shape index (κ3) is 4.17. The number of halogens is 1. The lowest BCUT2D eigenvalue weighted by molar-refractivity contribution is 0.628. The molecule has 0 amide bonds. The van der Waals surface area contributed by atoms with E-state index >= 15 is 0 Å². The maximum atomic E-state index is 12.8. The Morgan fingerprint density at radius 1 is 1.16 bits per heavy atom. The summed E-state index contributed by atoms with van der Waals surface area (Å²) in [6.07, 6.45) is 4.59. The number of nitrogens with zero attached hydrogens (tertiary/aromatic N) is 1. The fourth-order valence-corrected chi connectivity index (χ4v) is 2.05. The van der Waals surface area contributed by atoms with Crippen molar-refractivity contribution >= 4 is 0 Å². The monoisotopic (exact) mass is 261 g/mol. The molecule has 3 nitrogen and oxygen atoms in total. The van der Waals surface area contributed by atoms with Gasteiger partial charge in [0.1, 0.15) is 5.82 Å². The zero-order chi connectivity index (χ0) is 13.5. The molecule has 2 rings (SSSR count). The predicted molar refractivity (Wildman–Crippen MR) is 75.5 cm³/mol. The Bertz CT molecular complexity index is 490. The summed E-state index contributed by atoms with van der Waals surface area (Å²) >= 11 is 0. The zero-order valence-corrected chi connectivity index (χ0v) is 11.2. The fourth-order valence-electron chi connectivity index (χ4n) is 2.05. The van der Waals surface area contributed by atoms with E-state index in [9.17, 15) is 4.39 Å². The second kappa shape index (κ2) is 7.04. The second-order valence-electron chi connectivity index (χ2n) is 4.70. The van der Waals surface area contributed by atoms with Crippen LogP contribution in [0.4, 0.5) is 4.39 Å². The fraction of sp³-hybridized carbons (Fsp3) is 0.400. The highest BCUT2D eigenvalue weighted by Crippen LogP contribution is 2.18. The Labute approximate surface area is 113 Å². The molecule has 0 fully saturated rings. The molecular formula is C15H20FN3. The van der Waals surface area contributed by atoms with Crippen LogP contribution < -0.4 is 5.32 Å². The van der Waals surface area contributed by atoms with Gasteiger partial charge in [0, 0.05) is 11.3 Å². The maximum absolute atomic E-state index is 12.8. The molecule has 0 saturated heterocycles. The van der Waals surface area contributed by atoms with E-state index in [0.29, 0.717) is 0 Å². The average Bonchev–Trinajstić information content (AvgIpc) is 2.88. The van der Waals surface area contributed by atoms with Crippen molar-refractivity contribution in [3.05, 3.63) is 41.8 Å². The molecule has 2 N–H and O–H groups in total. The predicted octanol–water partition coefficient (Wildman–Crippen LogP) is 3.15. The number of benzene rings is 1. The highest BCUT2D eigenvalue weighted by Gasteiger charge is 2.04. The maximum Gasteiger partial charge on any atom is 0.123 e. The van der Waals surface area contributed by atoms with Crippen molar-refractivity contribution in [2.24, 2.45) is 0 Å². The zero-order valence-electron chi connectivity index (χ0n) is 11.2. The lowest BCUT2D eigenvalue weighted by Crippen LogP contribution is -2.07. The molecule has 0 aliphatic rings. The molecule has 0 bridgehead atoms. The molecule has 0 unspecified atom stereocenters. The highest BCUT2D eigenvalue weighted by atomic mass is 19.1. The van der Waals surface area contributed by atoms with Gasteiger partial charge >= 0.3 is 0 Å². The first kappa shape index (κ1) is 13.7. The summed E-state index contributed by atoms with van der Waals surface area (Å²) in [6, 6.07) is 8.47. The minimum Gasteiger partial charge on any atom is -0.320 e. The van der Waals surface area contributed by atoms with E-state index in [0.717, 1.165) is 36.3 Å². The lowest BCUT2D eigenvalue weighted by atomic mass is 10.1. The summed E-state index contributed by atoms with van der Waals surface area (Å²) < 4.78 is 12.8. The van der Waals surface area contributed by atoms with Crippen molar-refractivity contribution in [1.29, 1.82) is 0 Å². The number of H-pyrrole nitrogens is 1. The normalized spacial score (nSPS) is 10.8. The second-order valence-corrected chi connectivity index (χ2v) is 4.70. The summed E-state index contributed by atoms with van der Waals surface area (Å²) in [5, 5.41) is 10.5. The third-order valence-electron chi connectivity index (χ3n) is 3.14. The van der Waals surface area contributed by atoms with Gasteiger partial charge in [0.15, 0.2) is 0 Å². The van der Waals surface area contributed by atoms with Gasteiger partial charge in [-0.3, -0.25) is 5.10 Å². The van der Waals surface area contributed by atoms with E-state index in [1.54, 1.807) is 12.1 Å². The third-order valence-corrected chi connectivity index (χ3v) is 3.14. The Kier molecular flexibility index (Phi) is 5.10. The number of hydrogen-bond acceptors (Lipinski definition) is 2. The van der Waals surface area contributed by atoms with Crippen molar-refractivity contribution in [2.45, 2.75) is 25.7 Å². The van der Waals surface area contributed by atoms with E-state index in [4.69, 9.17) is 0 Å². The molecule has 19 heavy (non-hydrogen) atoms. The SMILES string of the molecule is CNCCCCCc1cc(-c2ccc(F)cc2)n[nH]1. The minimum absolute atomic E-state index is 0.218. The van der Waals surface area contributed by atoms with Gasteiger partial charge in [0.05, 0.1) is 5.69 Å². The van der Waals surface area contributed by atoms with Gasteiger partial charge in [0.2, 0.25) is 0 Å². The number of nitrogens with one attached hydrogen (secondary N) is 2. The van der Waals surface area contributed by atoms with Gasteiger partial charge in [-0.05, 0) is 63.2 Å². The Morgan fingerprint density at radius 2 is 1.95 bits per heavy atom. The van der Waals surface area contributed by atoms with Gasteiger partial charge in [-0.1, -0.05) is 6.42 Å². The molecular weight excluding hydrogens is 241 g/mol. The van der Waals surface area contributed by atoms with Crippen molar-refractivity contribution in [3.63, 3.8) is 0 Å². The molecule has 0 saturated carbocycles. The van der Waals surface area contributed by atoms with Crippen LogP contribution in [-0.4, -0.2) is 23.8 Å². The standard InChI is InChI=1S/C15H20FN3/c1-17-10-4-2-3-5-14-11-15(19-18-14)12-6-8-13(16)9-7-12/h6-9,11,17H,2-5,10H2,1H3,(H,18,19). The van der Waals surface area contributed by atoms with Crippen molar-refractivity contribution in [1.82, 2.24) is 15.5 Å². The Balaban J connectivity index is 1.86. The first-order valence-corrected chi connectivity index (χ1v) is 6.74. The molecule has 0 atom stereocenters. The molecule has 1 aromatic carbocycles. The van der Waals surface area contributed by atoms with Crippen LogP contribution in [0.2, 0.25) is 0 Å². The van der Waals surface area contributed by atoms with E-state index in [1.807, 2.05) is 13.1 Å². The van der Waals surface area contributed by atoms with Crippen LogP contribution in [0.1, 0.15) is 25.0 Å². The number of rotatable bonds is 7. The molecule has 0 aliphatic heterocycles. The molecule has 4 heteroatoms. The van der Waals surface area contributed by atoms with Crippen molar-refractivity contribution in [2.75, 3.05) is 13.6 Å². The van der Waals surface area contributed by atoms with E-state index in [2.05, 4.69) is 15.5 Å². The van der Waals surface area contributed by atoms with Crippen molar-refractivity contribution < 1.29 is 4.39 Å². The smallest absolute Gasteiger partial charge is 0.123 e. The minimum atomic E-state index is -0.218. The van der Waals surface area contributed by atoms with Gasteiger partial charge < -0.3 is 5.32 Å².